The second kappa shape index (κ2) is 8.80. The van der Waals surface area contributed by atoms with Gasteiger partial charge in [-0.05, 0) is 54.7 Å². The van der Waals surface area contributed by atoms with Crippen LogP contribution in [0.15, 0.2) is 65.2 Å². The smallest absolute Gasteiger partial charge is 0.264 e. The van der Waals surface area contributed by atoms with Crippen LogP contribution in [0.3, 0.4) is 0 Å². The van der Waals surface area contributed by atoms with Gasteiger partial charge in [0.1, 0.15) is 17.1 Å². The monoisotopic (exact) mass is 434 g/mol. The lowest BCUT2D eigenvalue weighted by Crippen LogP contribution is -2.34. The number of hydrogen-bond acceptors (Lipinski definition) is 7. The molecule has 9 heteroatoms. The molecule has 0 atom stereocenters. The van der Waals surface area contributed by atoms with E-state index in [1.807, 2.05) is 24.3 Å². The van der Waals surface area contributed by atoms with E-state index in [1.165, 1.54) is 14.2 Å². The second-order valence-electron chi connectivity index (χ2n) is 6.37. The van der Waals surface area contributed by atoms with Crippen LogP contribution in [0, 0.1) is 0 Å². The summed E-state index contributed by atoms with van der Waals surface area (Å²) in [6.45, 7) is 0. The van der Waals surface area contributed by atoms with Crippen LogP contribution in [0.25, 0.3) is 22.7 Å². The summed E-state index contributed by atoms with van der Waals surface area (Å²) in [5.74, 6) is 0.747. The normalized spacial score (nSPS) is 10.5. The highest BCUT2D eigenvalue weighted by Crippen LogP contribution is 2.28. The van der Waals surface area contributed by atoms with Gasteiger partial charge in [-0.1, -0.05) is 12.1 Å². The Hall–Kier alpha value is -3.98. The maximum absolute atomic E-state index is 12.8. The largest absolute Gasteiger partial charge is 0.496 e. The first-order valence-corrected chi connectivity index (χ1v) is 9.65. The topological polar surface area (TPSA) is 98.5 Å². The summed E-state index contributed by atoms with van der Waals surface area (Å²) < 4.78 is 16.3. The van der Waals surface area contributed by atoms with E-state index < -0.39 is 5.91 Å². The Bertz CT molecular complexity index is 1220. The lowest BCUT2D eigenvalue weighted by Gasteiger charge is -2.14. The minimum Gasteiger partial charge on any atom is -0.496 e. The van der Waals surface area contributed by atoms with Gasteiger partial charge in [-0.15, -0.1) is 0 Å². The Morgan fingerprint density at radius 2 is 1.77 bits per heavy atom. The van der Waals surface area contributed by atoms with Crippen molar-refractivity contribution < 1.29 is 18.7 Å². The van der Waals surface area contributed by atoms with Gasteiger partial charge in [0.15, 0.2) is 16.3 Å². The van der Waals surface area contributed by atoms with E-state index in [0.29, 0.717) is 34.3 Å². The molecule has 0 unspecified atom stereocenters. The standard InChI is InChI=1S/C22H18N4O4S/c1-28-15-8-4-9-16(29-2)18(15)20(27)26-22(31)24-14-7-3-6-13(12-14)21-25-19-17(30-21)10-5-11-23-19/h3-12H,1-2H3,(H2,24,26,27,31). The van der Waals surface area contributed by atoms with Crippen LogP contribution in [0.2, 0.25) is 0 Å². The minimum absolute atomic E-state index is 0.120. The van der Waals surface area contributed by atoms with Crippen molar-refractivity contribution in [1.82, 2.24) is 15.3 Å². The minimum atomic E-state index is -0.451. The van der Waals surface area contributed by atoms with Gasteiger partial charge in [0.25, 0.3) is 5.91 Å². The SMILES string of the molecule is COc1cccc(OC)c1C(=O)NC(=S)Nc1cccc(-c2nc3ncccc3o2)c1. The summed E-state index contributed by atoms with van der Waals surface area (Å²) in [7, 11) is 2.96. The Morgan fingerprint density at radius 1 is 1.03 bits per heavy atom. The second-order valence-corrected chi connectivity index (χ2v) is 6.78. The molecule has 0 aliphatic carbocycles. The average Bonchev–Trinajstić information content (AvgIpc) is 3.23. The molecule has 1 amide bonds. The molecule has 2 heterocycles. The fraction of sp³-hybridized carbons (Fsp3) is 0.0909. The quantitative estimate of drug-likeness (QED) is 0.454. The molecule has 0 spiro atoms. The summed E-state index contributed by atoms with van der Waals surface area (Å²) in [6, 6.07) is 16.0. The summed E-state index contributed by atoms with van der Waals surface area (Å²) in [4.78, 5) is 21.3. The predicted molar refractivity (Wildman–Crippen MR) is 120 cm³/mol. The van der Waals surface area contributed by atoms with E-state index in [9.17, 15) is 4.79 Å². The van der Waals surface area contributed by atoms with Gasteiger partial charge < -0.3 is 19.2 Å². The van der Waals surface area contributed by atoms with Crippen LogP contribution in [0.4, 0.5) is 5.69 Å². The number of rotatable bonds is 5. The average molecular weight is 434 g/mol. The Labute approximate surface area is 183 Å². The zero-order valence-electron chi connectivity index (χ0n) is 16.7. The van der Waals surface area contributed by atoms with Gasteiger partial charge in [-0.3, -0.25) is 10.1 Å². The molecule has 0 aliphatic rings. The highest BCUT2D eigenvalue weighted by molar-refractivity contribution is 7.80. The summed E-state index contributed by atoms with van der Waals surface area (Å²) >= 11 is 5.31. The van der Waals surface area contributed by atoms with Crippen molar-refractivity contribution in [2.24, 2.45) is 0 Å². The molecule has 4 rings (SSSR count). The summed E-state index contributed by atoms with van der Waals surface area (Å²) in [5.41, 5.74) is 2.78. The van der Waals surface area contributed by atoms with E-state index >= 15 is 0 Å². The predicted octanol–water partition coefficient (Wildman–Crippen LogP) is 4.03. The molecule has 0 bridgehead atoms. The molecule has 2 N–H and O–H groups in total. The maximum atomic E-state index is 12.8. The first-order valence-electron chi connectivity index (χ1n) is 9.24. The van der Waals surface area contributed by atoms with Crippen molar-refractivity contribution >= 4 is 40.2 Å². The van der Waals surface area contributed by atoms with E-state index in [-0.39, 0.29) is 10.7 Å². The van der Waals surface area contributed by atoms with E-state index in [0.717, 1.165) is 5.56 Å². The number of hydrogen-bond donors (Lipinski definition) is 2. The Balaban J connectivity index is 1.51. The third-order valence-electron chi connectivity index (χ3n) is 4.41. The number of anilines is 1. The van der Waals surface area contributed by atoms with Gasteiger partial charge in [-0.2, -0.15) is 4.98 Å². The molecule has 0 fully saturated rings. The van der Waals surface area contributed by atoms with Crippen LogP contribution >= 0.6 is 12.2 Å². The molecule has 2 aromatic carbocycles. The molecule has 0 radical (unpaired) electrons. The van der Waals surface area contributed by atoms with Crippen LogP contribution < -0.4 is 20.1 Å². The van der Waals surface area contributed by atoms with Crippen molar-refractivity contribution in [1.29, 1.82) is 0 Å². The molecule has 0 saturated carbocycles. The fourth-order valence-electron chi connectivity index (χ4n) is 3.03. The van der Waals surface area contributed by atoms with Crippen molar-refractivity contribution in [3.8, 4) is 23.0 Å². The molecule has 8 nitrogen and oxygen atoms in total. The van der Waals surface area contributed by atoms with E-state index in [1.54, 1.807) is 36.5 Å². The van der Waals surface area contributed by atoms with Gasteiger partial charge in [0.2, 0.25) is 5.89 Å². The van der Waals surface area contributed by atoms with Gasteiger partial charge in [0.05, 0.1) is 14.2 Å². The lowest BCUT2D eigenvalue weighted by atomic mass is 10.1. The van der Waals surface area contributed by atoms with Crippen LogP contribution in [-0.4, -0.2) is 35.2 Å². The number of fused-ring (bicyclic) bond motifs is 1. The van der Waals surface area contributed by atoms with Gasteiger partial charge >= 0.3 is 0 Å². The summed E-state index contributed by atoms with van der Waals surface area (Å²) in [5, 5.41) is 5.76. The number of benzene rings is 2. The zero-order chi connectivity index (χ0) is 21.8. The third-order valence-corrected chi connectivity index (χ3v) is 4.62. The number of nitrogens with one attached hydrogen (secondary N) is 2. The Kier molecular flexibility index (Phi) is 5.76. The molecule has 0 aliphatic heterocycles. The lowest BCUT2D eigenvalue weighted by molar-refractivity contribution is 0.0971. The van der Waals surface area contributed by atoms with Crippen molar-refractivity contribution in [2.45, 2.75) is 0 Å². The van der Waals surface area contributed by atoms with Crippen LogP contribution in [0.1, 0.15) is 10.4 Å². The van der Waals surface area contributed by atoms with Gasteiger partial charge in [-0.25, -0.2) is 4.98 Å². The zero-order valence-corrected chi connectivity index (χ0v) is 17.5. The molecule has 0 saturated heterocycles. The molecular weight excluding hydrogens is 416 g/mol. The maximum Gasteiger partial charge on any atom is 0.264 e. The number of oxazole rings is 1. The van der Waals surface area contributed by atoms with Crippen molar-refractivity contribution in [3.63, 3.8) is 0 Å². The van der Waals surface area contributed by atoms with E-state index in [2.05, 4.69) is 20.6 Å². The number of methoxy groups -OCH3 is 2. The van der Waals surface area contributed by atoms with Crippen molar-refractivity contribution in [2.75, 3.05) is 19.5 Å². The summed E-state index contributed by atoms with van der Waals surface area (Å²) in [6.07, 6.45) is 1.66. The molecule has 4 aromatic rings. The molecule has 156 valence electrons. The first-order chi connectivity index (χ1) is 15.1. The molecular formula is C22H18N4O4S. The highest BCUT2D eigenvalue weighted by atomic mass is 32.1. The first kappa shape index (κ1) is 20.3. The van der Waals surface area contributed by atoms with Crippen molar-refractivity contribution in [3.05, 3.63) is 66.4 Å². The number of ether oxygens (including phenoxy) is 2. The molecule has 31 heavy (non-hydrogen) atoms. The van der Waals surface area contributed by atoms with Crippen LogP contribution in [-0.2, 0) is 0 Å². The van der Waals surface area contributed by atoms with Crippen LogP contribution in [0.5, 0.6) is 11.5 Å². The fourth-order valence-corrected chi connectivity index (χ4v) is 3.24. The third kappa shape index (κ3) is 4.31. The van der Waals surface area contributed by atoms with Gasteiger partial charge in [0, 0.05) is 17.4 Å². The number of carbonyl (C=O) groups excluding carboxylic acids is 1. The number of carbonyl (C=O) groups is 1. The molecule has 2 aromatic heterocycles. The number of aromatic nitrogens is 2. The number of amides is 1. The van der Waals surface area contributed by atoms with E-state index in [4.69, 9.17) is 26.1 Å². The highest BCUT2D eigenvalue weighted by Gasteiger charge is 2.19. The number of thiocarbonyl (C=S) groups is 1. The Morgan fingerprint density at radius 3 is 2.48 bits per heavy atom. The number of nitrogens with zero attached hydrogens (tertiary/aromatic N) is 2. The number of pyridine rings is 1.